The molecule has 0 bridgehead atoms. The van der Waals surface area contributed by atoms with Gasteiger partial charge in [0.05, 0.1) is 0 Å². The van der Waals surface area contributed by atoms with Crippen molar-refractivity contribution in [2.24, 2.45) is 23.7 Å². The molecule has 0 nitrogen and oxygen atoms in total. The Morgan fingerprint density at radius 3 is 1.47 bits per heavy atom. The zero-order valence-corrected chi connectivity index (χ0v) is 9.94. The van der Waals surface area contributed by atoms with Crippen LogP contribution in [0.3, 0.4) is 0 Å². The largest absolute Gasteiger partial charge is 0.0776 e. The highest BCUT2D eigenvalue weighted by Crippen LogP contribution is 2.36. The lowest BCUT2D eigenvalue weighted by Gasteiger charge is -2.27. The Labute approximate surface area is 103 Å². The second-order valence-electron chi connectivity index (χ2n) is 5.03. The molecular formula is C17H18. The van der Waals surface area contributed by atoms with Gasteiger partial charge in [0.1, 0.15) is 0 Å². The van der Waals surface area contributed by atoms with E-state index >= 15 is 0 Å². The molecule has 0 radical (unpaired) electrons. The van der Waals surface area contributed by atoms with E-state index < -0.39 is 0 Å². The Morgan fingerprint density at radius 2 is 1.00 bits per heavy atom. The summed E-state index contributed by atoms with van der Waals surface area (Å²) >= 11 is 0. The van der Waals surface area contributed by atoms with Crippen LogP contribution in [0.15, 0.2) is 72.9 Å². The molecule has 86 valence electrons. The van der Waals surface area contributed by atoms with Gasteiger partial charge in [0, 0.05) is 0 Å². The number of allylic oxidation sites excluding steroid dienone is 12. The predicted octanol–water partition coefficient (Wildman–Crippen LogP) is 4.22. The van der Waals surface area contributed by atoms with Gasteiger partial charge in [-0.3, -0.25) is 0 Å². The minimum Gasteiger partial charge on any atom is -0.0776 e. The lowest BCUT2D eigenvalue weighted by atomic mass is 9.77. The maximum atomic E-state index is 2.34. The maximum absolute atomic E-state index is 2.34. The van der Waals surface area contributed by atoms with Crippen LogP contribution in [0.1, 0.15) is 6.42 Å². The Bertz CT molecular complexity index is 379. The molecule has 0 atom stereocenters. The summed E-state index contributed by atoms with van der Waals surface area (Å²) in [5, 5.41) is 0. The second kappa shape index (κ2) is 4.75. The number of hydrogen-bond acceptors (Lipinski definition) is 0. The van der Waals surface area contributed by atoms with E-state index in [1.165, 1.54) is 6.42 Å². The minimum atomic E-state index is 0.606. The van der Waals surface area contributed by atoms with Crippen LogP contribution in [0, 0.1) is 23.7 Å². The topological polar surface area (TPSA) is 0 Å². The summed E-state index contributed by atoms with van der Waals surface area (Å²) in [4.78, 5) is 0. The van der Waals surface area contributed by atoms with E-state index in [9.17, 15) is 0 Å². The van der Waals surface area contributed by atoms with Gasteiger partial charge in [-0.25, -0.2) is 0 Å². The molecule has 0 aromatic heterocycles. The summed E-state index contributed by atoms with van der Waals surface area (Å²) in [6.45, 7) is 0. The average molecular weight is 222 g/mol. The average Bonchev–Trinajstić information content (AvgIpc) is 3.09. The number of rotatable bonds is 4. The van der Waals surface area contributed by atoms with Gasteiger partial charge < -0.3 is 0 Å². The molecule has 3 rings (SSSR count). The molecule has 0 aromatic carbocycles. The second-order valence-corrected chi connectivity index (χ2v) is 5.03. The first kappa shape index (κ1) is 10.6. The summed E-state index contributed by atoms with van der Waals surface area (Å²) in [6.07, 6.45) is 28.3. The van der Waals surface area contributed by atoms with Crippen LogP contribution in [-0.4, -0.2) is 0 Å². The summed E-state index contributed by atoms with van der Waals surface area (Å²) in [7, 11) is 0. The highest BCUT2D eigenvalue weighted by molar-refractivity contribution is 5.26. The van der Waals surface area contributed by atoms with E-state index in [4.69, 9.17) is 0 Å². The lowest BCUT2D eigenvalue weighted by Crippen LogP contribution is -2.19. The van der Waals surface area contributed by atoms with E-state index in [1.807, 2.05) is 0 Å². The Morgan fingerprint density at radius 1 is 0.588 bits per heavy atom. The molecule has 0 N–H and O–H groups in total. The van der Waals surface area contributed by atoms with Crippen LogP contribution in [0.25, 0.3) is 0 Å². The van der Waals surface area contributed by atoms with Gasteiger partial charge in [-0.1, -0.05) is 72.9 Å². The minimum absolute atomic E-state index is 0.606. The number of hydrogen-bond donors (Lipinski definition) is 0. The first-order valence-corrected chi connectivity index (χ1v) is 6.48. The third-order valence-electron chi connectivity index (χ3n) is 3.92. The van der Waals surface area contributed by atoms with Crippen molar-refractivity contribution >= 4 is 0 Å². The van der Waals surface area contributed by atoms with Crippen LogP contribution in [0.2, 0.25) is 0 Å². The van der Waals surface area contributed by atoms with E-state index in [1.54, 1.807) is 0 Å². The maximum Gasteiger partial charge on any atom is -0.00100 e. The third kappa shape index (κ3) is 2.26. The molecule has 3 aliphatic carbocycles. The summed E-state index contributed by atoms with van der Waals surface area (Å²) in [6, 6.07) is 0. The smallest absolute Gasteiger partial charge is 0.00100 e. The third-order valence-corrected chi connectivity index (χ3v) is 3.92. The van der Waals surface area contributed by atoms with E-state index in [0.717, 1.165) is 0 Å². The SMILES string of the molecule is C1=CC(CC(C2C=CC=C2)C2C=CC=C2)C=C1. The fraction of sp³-hybridized carbons (Fsp3) is 0.294. The molecule has 0 heterocycles. The van der Waals surface area contributed by atoms with Gasteiger partial charge in [-0.2, -0.15) is 0 Å². The van der Waals surface area contributed by atoms with Gasteiger partial charge >= 0.3 is 0 Å². The molecule has 0 saturated heterocycles. The Balaban J connectivity index is 1.75. The van der Waals surface area contributed by atoms with Crippen LogP contribution in [-0.2, 0) is 0 Å². The van der Waals surface area contributed by atoms with Crippen molar-refractivity contribution in [2.75, 3.05) is 0 Å². The molecule has 0 fully saturated rings. The van der Waals surface area contributed by atoms with Crippen molar-refractivity contribution in [3.8, 4) is 0 Å². The van der Waals surface area contributed by atoms with E-state index in [0.29, 0.717) is 23.7 Å². The normalized spacial score (nSPS) is 23.1. The Kier molecular flexibility index (Phi) is 2.96. The molecule has 0 unspecified atom stereocenters. The standard InChI is InChI=1S/C17H18/c1-2-8-14(7-1)13-17(15-9-3-4-10-15)16-11-5-6-12-16/h1-12,14-17H,13H2. The van der Waals surface area contributed by atoms with Gasteiger partial charge in [0.15, 0.2) is 0 Å². The van der Waals surface area contributed by atoms with Crippen molar-refractivity contribution in [3.05, 3.63) is 72.9 Å². The van der Waals surface area contributed by atoms with Crippen molar-refractivity contribution in [1.29, 1.82) is 0 Å². The molecule has 0 aliphatic heterocycles. The summed E-state index contributed by atoms with van der Waals surface area (Å²) in [5.41, 5.74) is 0. The van der Waals surface area contributed by atoms with E-state index in [-0.39, 0.29) is 0 Å². The van der Waals surface area contributed by atoms with Crippen LogP contribution >= 0.6 is 0 Å². The molecule has 3 aliphatic rings. The highest BCUT2D eigenvalue weighted by Gasteiger charge is 2.27. The van der Waals surface area contributed by atoms with Crippen molar-refractivity contribution in [1.82, 2.24) is 0 Å². The zero-order valence-electron chi connectivity index (χ0n) is 9.94. The Hall–Kier alpha value is -1.56. The molecular weight excluding hydrogens is 204 g/mol. The molecule has 0 spiro atoms. The monoisotopic (exact) mass is 222 g/mol. The summed E-state index contributed by atoms with van der Waals surface area (Å²) in [5.74, 6) is 2.53. The molecule has 0 saturated carbocycles. The fourth-order valence-electron chi connectivity index (χ4n) is 2.99. The fourth-order valence-corrected chi connectivity index (χ4v) is 2.99. The lowest BCUT2D eigenvalue weighted by molar-refractivity contribution is 0.348. The summed E-state index contributed by atoms with van der Waals surface area (Å²) < 4.78 is 0. The molecule has 17 heavy (non-hydrogen) atoms. The van der Waals surface area contributed by atoms with Crippen LogP contribution in [0.4, 0.5) is 0 Å². The first-order chi connectivity index (χ1) is 8.43. The molecule has 0 aromatic rings. The first-order valence-electron chi connectivity index (χ1n) is 6.48. The molecule has 0 amide bonds. The quantitative estimate of drug-likeness (QED) is 0.668. The van der Waals surface area contributed by atoms with Gasteiger partial charge in [0.25, 0.3) is 0 Å². The van der Waals surface area contributed by atoms with Crippen molar-refractivity contribution in [3.63, 3.8) is 0 Å². The van der Waals surface area contributed by atoms with Crippen molar-refractivity contribution in [2.45, 2.75) is 6.42 Å². The zero-order chi connectivity index (χ0) is 11.5. The van der Waals surface area contributed by atoms with Gasteiger partial charge in [0.2, 0.25) is 0 Å². The van der Waals surface area contributed by atoms with Gasteiger partial charge in [-0.15, -0.1) is 0 Å². The van der Waals surface area contributed by atoms with Crippen LogP contribution < -0.4 is 0 Å². The predicted molar refractivity (Wildman–Crippen MR) is 73.4 cm³/mol. The van der Waals surface area contributed by atoms with E-state index in [2.05, 4.69) is 72.9 Å². The highest BCUT2D eigenvalue weighted by atomic mass is 14.3. The van der Waals surface area contributed by atoms with Crippen LogP contribution in [0.5, 0.6) is 0 Å². The van der Waals surface area contributed by atoms with Gasteiger partial charge in [-0.05, 0) is 30.1 Å². The van der Waals surface area contributed by atoms with Crippen molar-refractivity contribution < 1.29 is 0 Å². The molecule has 0 heteroatoms.